The van der Waals surface area contributed by atoms with Crippen LogP contribution in [-0.4, -0.2) is 0 Å². The van der Waals surface area contributed by atoms with Gasteiger partial charge in [-0.05, 0) is 72.4 Å². The van der Waals surface area contributed by atoms with Gasteiger partial charge < -0.3 is 0 Å². The van der Waals surface area contributed by atoms with Crippen molar-refractivity contribution in [3.8, 4) is 0 Å². The molecule has 0 fully saturated rings. The molecule has 1 aliphatic carbocycles. The van der Waals surface area contributed by atoms with E-state index in [0.717, 1.165) is 12.8 Å². The fourth-order valence-corrected chi connectivity index (χ4v) is 3.95. The molecule has 0 aliphatic heterocycles. The van der Waals surface area contributed by atoms with E-state index in [-0.39, 0.29) is 5.82 Å². The Bertz CT molecular complexity index is 694. The van der Waals surface area contributed by atoms with Gasteiger partial charge in [0.05, 0.1) is 0 Å². The molecule has 0 saturated carbocycles. The maximum atomic E-state index is 13.1. The molecular weight excluding hydrogens is 319 g/mol. The molecule has 0 aromatic heterocycles. The molecule has 1 atom stereocenters. The van der Waals surface area contributed by atoms with Crippen LogP contribution in [0, 0.1) is 5.82 Å². The summed E-state index contributed by atoms with van der Waals surface area (Å²) in [4.78, 5) is 0. The lowest BCUT2D eigenvalue weighted by Gasteiger charge is -2.23. The third kappa shape index (κ3) is 5.30. The molecule has 3 rings (SSSR count). The molecule has 138 valence electrons. The Morgan fingerprint density at radius 2 is 1.62 bits per heavy atom. The summed E-state index contributed by atoms with van der Waals surface area (Å²) < 4.78 is 13.1. The molecule has 2 aromatic carbocycles. The minimum Gasteiger partial charge on any atom is -0.207 e. The van der Waals surface area contributed by atoms with Crippen molar-refractivity contribution in [3.05, 3.63) is 77.1 Å². The van der Waals surface area contributed by atoms with Gasteiger partial charge in [0.2, 0.25) is 0 Å². The van der Waals surface area contributed by atoms with E-state index in [9.17, 15) is 4.39 Å². The van der Waals surface area contributed by atoms with Crippen LogP contribution in [0.4, 0.5) is 4.39 Å². The number of benzene rings is 2. The number of hydrogen-bond acceptors (Lipinski definition) is 0. The highest BCUT2D eigenvalue weighted by Gasteiger charge is 2.17. The van der Waals surface area contributed by atoms with Crippen molar-refractivity contribution >= 4 is 5.57 Å². The Hall–Kier alpha value is -1.89. The maximum absolute atomic E-state index is 13.1. The van der Waals surface area contributed by atoms with Crippen LogP contribution in [0.25, 0.3) is 5.57 Å². The molecule has 0 heterocycles. The second kappa shape index (κ2) is 9.71. The number of halogens is 1. The molecule has 2 aromatic rings. The molecule has 0 spiro atoms. The van der Waals surface area contributed by atoms with E-state index in [0.29, 0.717) is 5.92 Å². The largest absolute Gasteiger partial charge is 0.207 e. The van der Waals surface area contributed by atoms with E-state index < -0.39 is 0 Å². The van der Waals surface area contributed by atoms with Crippen LogP contribution in [0.5, 0.6) is 0 Å². The van der Waals surface area contributed by atoms with Crippen molar-refractivity contribution < 1.29 is 4.39 Å². The van der Waals surface area contributed by atoms with Crippen molar-refractivity contribution in [3.63, 3.8) is 0 Å². The first-order valence-electron chi connectivity index (χ1n) is 10.3. The van der Waals surface area contributed by atoms with Crippen molar-refractivity contribution in [1.29, 1.82) is 0 Å². The van der Waals surface area contributed by atoms with Gasteiger partial charge in [-0.15, -0.1) is 0 Å². The zero-order chi connectivity index (χ0) is 18.2. The van der Waals surface area contributed by atoms with E-state index in [2.05, 4.69) is 37.3 Å². The molecule has 26 heavy (non-hydrogen) atoms. The Morgan fingerprint density at radius 3 is 2.27 bits per heavy atom. The summed E-state index contributed by atoms with van der Waals surface area (Å²) in [5, 5.41) is 0. The number of hydrogen-bond donors (Lipinski definition) is 0. The van der Waals surface area contributed by atoms with Crippen molar-refractivity contribution in [2.75, 3.05) is 0 Å². The van der Waals surface area contributed by atoms with Gasteiger partial charge in [-0.2, -0.15) is 0 Å². The van der Waals surface area contributed by atoms with Gasteiger partial charge in [0.15, 0.2) is 0 Å². The molecule has 1 heteroatoms. The van der Waals surface area contributed by atoms with Crippen LogP contribution >= 0.6 is 0 Å². The van der Waals surface area contributed by atoms with Crippen LogP contribution in [0.2, 0.25) is 0 Å². The summed E-state index contributed by atoms with van der Waals surface area (Å²) >= 11 is 0. The van der Waals surface area contributed by atoms with Gasteiger partial charge in [0, 0.05) is 0 Å². The first kappa shape index (κ1) is 18.9. The van der Waals surface area contributed by atoms with Crippen molar-refractivity contribution in [2.45, 2.75) is 70.6 Å². The number of rotatable bonds is 8. The fourth-order valence-electron chi connectivity index (χ4n) is 3.95. The monoisotopic (exact) mass is 350 g/mol. The van der Waals surface area contributed by atoms with Crippen LogP contribution in [-0.2, 0) is 6.42 Å². The smallest absolute Gasteiger partial charge is 0.123 e. The van der Waals surface area contributed by atoms with E-state index in [1.807, 2.05) is 12.1 Å². The van der Waals surface area contributed by atoms with E-state index >= 15 is 0 Å². The van der Waals surface area contributed by atoms with Crippen LogP contribution in [0.15, 0.2) is 54.6 Å². The average Bonchev–Trinajstić information content (AvgIpc) is 2.69. The van der Waals surface area contributed by atoms with Gasteiger partial charge in [-0.25, -0.2) is 4.39 Å². The van der Waals surface area contributed by atoms with Crippen LogP contribution in [0.3, 0.4) is 0 Å². The minimum absolute atomic E-state index is 0.159. The van der Waals surface area contributed by atoms with E-state index in [1.165, 1.54) is 67.2 Å². The second-order valence-corrected chi connectivity index (χ2v) is 7.61. The lowest BCUT2D eigenvalue weighted by Crippen LogP contribution is -2.04. The SMILES string of the molecule is CCCCCCCc1ccc(C2CC=C(c3ccc(F)cc3)CC2)cc1. The Labute approximate surface area is 158 Å². The number of aryl methyl sites for hydroxylation is 1. The quantitative estimate of drug-likeness (QED) is 0.428. The highest BCUT2D eigenvalue weighted by atomic mass is 19.1. The predicted octanol–water partition coefficient (Wildman–Crippen LogP) is 7.69. The zero-order valence-electron chi connectivity index (χ0n) is 16.0. The maximum Gasteiger partial charge on any atom is 0.123 e. The third-order valence-corrected chi connectivity index (χ3v) is 5.65. The molecule has 0 nitrogen and oxygen atoms in total. The van der Waals surface area contributed by atoms with E-state index in [1.54, 1.807) is 12.1 Å². The second-order valence-electron chi connectivity index (χ2n) is 7.61. The van der Waals surface area contributed by atoms with Gasteiger partial charge in [-0.3, -0.25) is 0 Å². The molecule has 1 unspecified atom stereocenters. The van der Waals surface area contributed by atoms with Crippen LogP contribution < -0.4 is 0 Å². The lowest BCUT2D eigenvalue weighted by molar-refractivity contribution is 0.621. The molecule has 0 saturated heterocycles. The topological polar surface area (TPSA) is 0 Å². The van der Waals surface area contributed by atoms with Crippen molar-refractivity contribution in [1.82, 2.24) is 0 Å². The van der Waals surface area contributed by atoms with Gasteiger partial charge in [0.1, 0.15) is 5.82 Å². The predicted molar refractivity (Wildman–Crippen MR) is 110 cm³/mol. The third-order valence-electron chi connectivity index (χ3n) is 5.65. The molecule has 0 bridgehead atoms. The highest BCUT2D eigenvalue weighted by molar-refractivity contribution is 5.66. The lowest BCUT2D eigenvalue weighted by atomic mass is 9.82. The van der Waals surface area contributed by atoms with Gasteiger partial charge in [-0.1, -0.05) is 75.1 Å². The molecule has 0 amide bonds. The van der Waals surface area contributed by atoms with Crippen LogP contribution in [0.1, 0.15) is 80.9 Å². The normalized spacial score (nSPS) is 17.2. The Balaban J connectivity index is 1.51. The number of allylic oxidation sites excluding steroid dienone is 2. The fraction of sp³-hybridized carbons (Fsp3) is 0.440. The summed E-state index contributed by atoms with van der Waals surface area (Å²) in [5.74, 6) is 0.464. The molecular formula is C25H31F. The molecule has 0 N–H and O–H groups in total. The highest BCUT2D eigenvalue weighted by Crippen LogP contribution is 2.36. The average molecular weight is 351 g/mol. The van der Waals surface area contributed by atoms with E-state index in [4.69, 9.17) is 0 Å². The minimum atomic E-state index is -0.159. The summed E-state index contributed by atoms with van der Waals surface area (Å²) in [7, 11) is 0. The van der Waals surface area contributed by atoms with Gasteiger partial charge in [0.25, 0.3) is 0 Å². The number of unbranched alkanes of at least 4 members (excludes halogenated alkanes) is 4. The Kier molecular flexibility index (Phi) is 7.05. The Morgan fingerprint density at radius 1 is 0.885 bits per heavy atom. The summed E-state index contributed by atoms with van der Waals surface area (Å²) in [6.45, 7) is 2.27. The first-order chi connectivity index (χ1) is 12.8. The molecule has 1 aliphatic rings. The summed E-state index contributed by atoms with van der Waals surface area (Å²) in [5.41, 5.74) is 5.48. The summed E-state index contributed by atoms with van der Waals surface area (Å²) in [6.07, 6.45) is 13.6. The van der Waals surface area contributed by atoms with Gasteiger partial charge >= 0.3 is 0 Å². The van der Waals surface area contributed by atoms with Crippen molar-refractivity contribution in [2.24, 2.45) is 0 Å². The first-order valence-corrected chi connectivity index (χ1v) is 10.3. The standard InChI is InChI=1S/C25H31F/c1-2-3-4-5-6-7-20-8-10-21(11-9-20)22-12-14-23(15-13-22)24-16-18-25(26)19-17-24/h8-11,14,16-19,22H,2-7,12-13,15H2,1H3. The summed E-state index contributed by atoms with van der Waals surface area (Å²) in [6, 6.07) is 16.2. The molecule has 0 radical (unpaired) electrons. The zero-order valence-corrected chi connectivity index (χ0v) is 16.0.